The van der Waals surface area contributed by atoms with Gasteiger partial charge in [-0.15, -0.1) is 0 Å². The summed E-state index contributed by atoms with van der Waals surface area (Å²) in [7, 11) is -1.34. The lowest BCUT2D eigenvalue weighted by molar-refractivity contribution is 0.0895. The van der Waals surface area contributed by atoms with Crippen LogP contribution in [-0.4, -0.2) is 63.0 Å². The van der Waals surface area contributed by atoms with Crippen molar-refractivity contribution in [2.45, 2.75) is 31.3 Å². The Labute approximate surface area is 153 Å². The summed E-state index contributed by atoms with van der Waals surface area (Å²) >= 11 is 5.98. The highest BCUT2D eigenvalue weighted by Crippen LogP contribution is 2.24. The molecule has 1 atom stereocenters. The van der Waals surface area contributed by atoms with Crippen molar-refractivity contribution in [2.75, 3.05) is 31.7 Å². The zero-order valence-corrected chi connectivity index (χ0v) is 15.8. The highest BCUT2D eigenvalue weighted by molar-refractivity contribution is 7.91. The van der Waals surface area contributed by atoms with Gasteiger partial charge in [-0.25, -0.2) is 8.42 Å². The Morgan fingerprint density at radius 2 is 2.00 bits per heavy atom. The number of amides is 1. The molecular weight excluding hydrogens is 364 g/mol. The first-order valence-electron chi connectivity index (χ1n) is 8.47. The number of sulfone groups is 1. The molecule has 3 rings (SSSR count). The average Bonchev–Trinajstić information content (AvgIpc) is 2.95. The van der Waals surface area contributed by atoms with Gasteiger partial charge in [-0.05, 0) is 37.5 Å². The summed E-state index contributed by atoms with van der Waals surface area (Å²) in [5.74, 6) is 0.865. The van der Waals surface area contributed by atoms with Crippen molar-refractivity contribution in [3.63, 3.8) is 0 Å². The predicted octanol–water partition coefficient (Wildman–Crippen LogP) is 1.73. The van der Waals surface area contributed by atoms with Gasteiger partial charge in [0.15, 0.2) is 9.84 Å². The summed E-state index contributed by atoms with van der Waals surface area (Å²) in [5.41, 5.74) is 0.430. The van der Waals surface area contributed by atoms with Gasteiger partial charge < -0.3 is 10.1 Å². The summed E-state index contributed by atoms with van der Waals surface area (Å²) in [6, 6.07) is 5.18. The minimum absolute atomic E-state index is 0.0745. The van der Waals surface area contributed by atoms with E-state index in [0.717, 1.165) is 32.4 Å². The molecule has 0 aliphatic carbocycles. The monoisotopic (exact) mass is 386 g/mol. The van der Waals surface area contributed by atoms with Crippen LogP contribution in [0.1, 0.15) is 29.6 Å². The number of hydrogen-bond acceptors (Lipinski definition) is 5. The first-order chi connectivity index (χ1) is 11.9. The molecule has 6 nitrogen and oxygen atoms in total. The average molecular weight is 387 g/mol. The highest BCUT2D eigenvalue weighted by atomic mass is 35.5. The zero-order chi connectivity index (χ0) is 18.0. The van der Waals surface area contributed by atoms with E-state index >= 15 is 0 Å². The molecule has 0 saturated carbocycles. The minimum atomic E-state index is -2.86. The number of hydrogen-bond donors (Lipinski definition) is 1. The first-order valence-corrected chi connectivity index (χ1v) is 10.7. The molecule has 0 unspecified atom stereocenters. The van der Waals surface area contributed by atoms with Gasteiger partial charge in [0.1, 0.15) is 5.75 Å². The topological polar surface area (TPSA) is 75.7 Å². The fraction of sp³-hybridized carbons (Fsp3) is 0.588. The second-order valence-electron chi connectivity index (χ2n) is 6.69. The van der Waals surface area contributed by atoms with Crippen LogP contribution < -0.4 is 10.1 Å². The molecule has 138 valence electrons. The molecule has 0 spiro atoms. The van der Waals surface area contributed by atoms with Crippen molar-refractivity contribution in [1.82, 2.24) is 10.2 Å². The molecule has 0 aromatic heterocycles. The molecule has 2 aliphatic rings. The highest BCUT2D eigenvalue weighted by Gasteiger charge is 2.34. The predicted molar refractivity (Wildman–Crippen MR) is 97.1 cm³/mol. The molecule has 2 fully saturated rings. The first kappa shape index (κ1) is 18.5. The Hall–Kier alpha value is -1.31. The van der Waals surface area contributed by atoms with Crippen molar-refractivity contribution in [3.8, 4) is 5.75 Å². The van der Waals surface area contributed by atoms with E-state index in [1.807, 2.05) is 0 Å². The maximum atomic E-state index is 12.5. The van der Waals surface area contributed by atoms with Crippen molar-refractivity contribution < 1.29 is 17.9 Å². The third-order valence-corrected chi connectivity index (χ3v) is 6.98. The summed E-state index contributed by atoms with van der Waals surface area (Å²) in [6.07, 6.45) is 2.34. The van der Waals surface area contributed by atoms with Crippen LogP contribution in [0.25, 0.3) is 0 Å². The number of ether oxygens (including phenoxy) is 1. The molecule has 1 aromatic rings. The van der Waals surface area contributed by atoms with E-state index < -0.39 is 9.84 Å². The van der Waals surface area contributed by atoms with Crippen LogP contribution >= 0.6 is 11.6 Å². The number of halogens is 1. The van der Waals surface area contributed by atoms with Gasteiger partial charge in [0.25, 0.3) is 5.91 Å². The van der Waals surface area contributed by atoms with Crippen molar-refractivity contribution in [3.05, 3.63) is 28.8 Å². The van der Waals surface area contributed by atoms with Crippen LogP contribution in [-0.2, 0) is 9.84 Å². The fourth-order valence-corrected chi connectivity index (χ4v) is 5.53. The van der Waals surface area contributed by atoms with Gasteiger partial charge in [0.2, 0.25) is 0 Å². The van der Waals surface area contributed by atoms with Crippen LogP contribution in [0.5, 0.6) is 5.75 Å². The van der Waals surface area contributed by atoms with Crippen molar-refractivity contribution in [1.29, 1.82) is 0 Å². The van der Waals surface area contributed by atoms with Crippen LogP contribution in [0.2, 0.25) is 5.02 Å². The van der Waals surface area contributed by atoms with Gasteiger partial charge >= 0.3 is 0 Å². The van der Waals surface area contributed by atoms with Crippen molar-refractivity contribution >= 4 is 27.3 Å². The summed E-state index contributed by atoms with van der Waals surface area (Å²) < 4.78 is 28.5. The smallest absolute Gasteiger partial charge is 0.255 e. The molecule has 1 N–H and O–H groups in total. The van der Waals surface area contributed by atoms with E-state index in [9.17, 15) is 13.2 Å². The number of nitrogens with one attached hydrogen (secondary N) is 1. The van der Waals surface area contributed by atoms with E-state index in [2.05, 4.69) is 10.2 Å². The van der Waals surface area contributed by atoms with Crippen LogP contribution in [0.15, 0.2) is 18.2 Å². The van der Waals surface area contributed by atoms with Crippen molar-refractivity contribution in [2.24, 2.45) is 0 Å². The summed E-state index contributed by atoms with van der Waals surface area (Å²) in [5, 5.41) is 3.53. The maximum Gasteiger partial charge on any atom is 0.255 e. The largest absolute Gasteiger partial charge is 0.496 e. The van der Waals surface area contributed by atoms with E-state index in [0.29, 0.717) is 22.1 Å². The van der Waals surface area contributed by atoms with E-state index in [4.69, 9.17) is 16.3 Å². The molecular formula is C17H23ClN2O4S. The number of carbonyl (C=O) groups excluding carboxylic acids is 1. The minimum Gasteiger partial charge on any atom is -0.496 e. The Balaban J connectivity index is 1.56. The number of methoxy groups -OCH3 is 1. The third kappa shape index (κ3) is 4.46. The molecule has 2 saturated heterocycles. The standard InChI is InChI=1S/C17H23ClN2O4S/c1-24-16-3-2-12(18)10-15(16)17(21)19-13-4-7-20(8-5-13)14-6-9-25(22,23)11-14/h2-3,10,13-14H,4-9,11H2,1H3,(H,19,21)/t14-/m0/s1. The Morgan fingerprint density at radius 3 is 2.60 bits per heavy atom. The molecule has 1 amide bonds. The summed E-state index contributed by atoms with van der Waals surface area (Å²) in [4.78, 5) is 14.8. The summed E-state index contributed by atoms with van der Waals surface area (Å²) in [6.45, 7) is 1.61. The molecule has 8 heteroatoms. The number of carbonyl (C=O) groups is 1. The molecule has 2 heterocycles. The second-order valence-corrected chi connectivity index (χ2v) is 9.35. The quantitative estimate of drug-likeness (QED) is 0.852. The van der Waals surface area contributed by atoms with Crippen LogP contribution in [0, 0.1) is 0 Å². The molecule has 25 heavy (non-hydrogen) atoms. The maximum absolute atomic E-state index is 12.5. The zero-order valence-electron chi connectivity index (χ0n) is 14.2. The van der Waals surface area contributed by atoms with E-state index in [1.54, 1.807) is 18.2 Å². The number of rotatable bonds is 4. The van der Waals surface area contributed by atoms with Gasteiger partial charge in [-0.2, -0.15) is 0 Å². The third-order valence-electron chi connectivity index (χ3n) is 5.00. The lowest BCUT2D eigenvalue weighted by Gasteiger charge is -2.35. The van der Waals surface area contributed by atoms with Gasteiger partial charge in [0.05, 0.1) is 24.2 Å². The SMILES string of the molecule is COc1ccc(Cl)cc1C(=O)NC1CCN([C@H]2CCS(=O)(=O)C2)CC1. The molecule has 2 aliphatic heterocycles. The number of nitrogens with zero attached hydrogens (tertiary/aromatic N) is 1. The van der Waals surface area contributed by atoms with E-state index in [-0.39, 0.29) is 23.7 Å². The lowest BCUT2D eigenvalue weighted by Crippen LogP contribution is -2.48. The van der Waals surface area contributed by atoms with Crippen LogP contribution in [0.3, 0.4) is 0 Å². The fourth-order valence-electron chi connectivity index (χ4n) is 3.59. The van der Waals surface area contributed by atoms with E-state index in [1.165, 1.54) is 7.11 Å². The number of piperidine rings is 1. The number of benzene rings is 1. The molecule has 0 radical (unpaired) electrons. The second kappa shape index (κ2) is 7.51. The van der Waals surface area contributed by atoms with Gasteiger partial charge in [0, 0.05) is 30.2 Å². The number of likely N-dealkylation sites (tertiary alicyclic amines) is 1. The Bertz CT molecular complexity index is 745. The lowest BCUT2D eigenvalue weighted by atomic mass is 10.0. The Kier molecular flexibility index (Phi) is 5.55. The van der Waals surface area contributed by atoms with Gasteiger partial charge in [-0.1, -0.05) is 11.6 Å². The van der Waals surface area contributed by atoms with Crippen LogP contribution in [0.4, 0.5) is 0 Å². The molecule has 0 bridgehead atoms. The Morgan fingerprint density at radius 1 is 1.28 bits per heavy atom. The normalized spacial score (nSPS) is 24.2. The molecule has 1 aromatic carbocycles. The van der Waals surface area contributed by atoms with Gasteiger partial charge in [-0.3, -0.25) is 9.69 Å².